The molecule has 8 nitrogen and oxygen atoms in total. The maximum absolute atomic E-state index is 6.07. The molecule has 0 radical (unpaired) electrons. The minimum Gasteiger partial charge on any atom is -0.373 e. The van der Waals surface area contributed by atoms with Crippen molar-refractivity contribution in [1.82, 2.24) is 25.3 Å². The fourth-order valence-corrected chi connectivity index (χ4v) is 4.00. The zero-order valence-electron chi connectivity index (χ0n) is 17.0. The predicted octanol–water partition coefficient (Wildman–Crippen LogP) is 1.70. The van der Waals surface area contributed by atoms with Crippen molar-refractivity contribution in [2.24, 2.45) is 4.99 Å². The molecule has 2 fully saturated rings. The minimum absolute atomic E-state index is 0. The molecule has 0 amide bonds. The third-order valence-electron chi connectivity index (χ3n) is 5.35. The first kappa shape index (κ1) is 22.0. The predicted molar refractivity (Wildman–Crippen MR) is 121 cm³/mol. The molecule has 29 heavy (non-hydrogen) atoms. The van der Waals surface area contributed by atoms with E-state index in [0.717, 1.165) is 38.7 Å². The molecular formula is C20H29IN6O2. The van der Waals surface area contributed by atoms with Crippen molar-refractivity contribution >= 4 is 29.9 Å². The number of guanidine groups is 1. The molecule has 2 aliphatic heterocycles. The third-order valence-corrected chi connectivity index (χ3v) is 5.35. The number of benzene rings is 1. The minimum atomic E-state index is 0. The fourth-order valence-electron chi connectivity index (χ4n) is 4.00. The van der Waals surface area contributed by atoms with Gasteiger partial charge in [0.15, 0.2) is 11.8 Å². The number of nitrogens with one attached hydrogen (secondary N) is 1. The van der Waals surface area contributed by atoms with Gasteiger partial charge in [-0.1, -0.05) is 35.5 Å². The topological polar surface area (TPSA) is 79.0 Å². The number of rotatable bonds is 5. The Balaban J connectivity index is 0.00000240. The zero-order valence-corrected chi connectivity index (χ0v) is 19.3. The first-order valence-corrected chi connectivity index (χ1v) is 9.87. The number of morpholine rings is 1. The van der Waals surface area contributed by atoms with Crippen molar-refractivity contribution in [3.05, 3.63) is 47.6 Å². The molecule has 0 bridgehead atoms. The molecular weight excluding hydrogens is 483 g/mol. The van der Waals surface area contributed by atoms with Crippen LogP contribution in [0.15, 0.2) is 39.8 Å². The lowest BCUT2D eigenvalue weighted by Gasteiger charge is -2.36. The first-order chi connectivity index (χ1) is 13.7. The monoisotopic (exact) mass is 512 g/mol. The molecule has 1 aromatic heterocycles. The van der Waals surface area contributed by atoms with E-state index in [0.29, 0.717) is 30.7 Å². The van der Waals surface area contributed by atoms with Crippen molar-refractivity contribution in [3.63, 3.8) is 0 Å². The van der Waals surface area contributed by atoms with Gasteiger partial charge in [-0.3, -0.25) is 9.89 Å². The van der Waals surface area contributed by atoms with E-state index in [2.05, 4.69) is 60.6 Å². The number of aryl methyl sites for hydroxylation is 1. The van der Waals surface area contributed by atoms with Crippen LogP contribution in [-0.2, 0) is 17.7 Å². The van der Waals surface area contributed by atoms with Crippen molar-refractivity contribution < 1.29 is 9.26 Å². The summed E-state index contributed by atoms with van der Waals surface area (Å²) in [4.78, 5) is 13.5. The van der Waals surface area contributed by atoms with E-state index in [1.54, 1.807) is 0 Å². The second kappa shape index (κ2) is 10.4. The highest BCUT2D eigenvalue weighted by Gasteiger charge is 2.41. The van der Waals surface area contributed by atoms with Gasteiger partial charge in [-0.05, 0) is 12.5 Å². The van der Waals surface area contributed by atoms with Gasteiger partial charge in [-0.25, -0.2) is 0 Å². The van der Waals surface area contributed by atoms with Gasteiger partial charge >= 0.3 is 0 Å². The van der Waals surface area contributed by atoms with Crippen LogP contribution in [0.4, 0.5) is 0 Å². The van der Waals surface area contributed by atoms with Crippen molar-refractivity contribution in [2.75, 3.05) is 39.8 Å². The Bertz CT molecular complexity index is 799. The number of nitrogens with zero attached hydrogens (tertiary/aromatic N) is 5. The van der Waals surface area contributed by atoms with Gasteiger partial charge < -0.3 is 19.5 Å². The number of halogens is 1. The molecule has 1 aromatic carbocycles. The Labute approximate surface area is 188 Å². The highest BCUT2D eigenvalue weighted by molar-refractivity contribution is 14.0. The molecule has 3 heterocycles. The highest BCUT2D eigenvalue weighted by Crippen LogP contribution is 2.24. The van der Waals surface area contributed by atoms with Crippen LogP contribution in [0.3, 0.4) is 0 Å². The molecule has 1 N–H and O–H groups in total. The summed E-state index contributed by atoms with van der Waals surface area (Å²) in [5.41, 5.74) is 1.35. The molecule has 2 saturated heterocycles. The summed E-state index contributed by atoms with van der Waals surface area (Å²) in [5, 5.41) is 7.24. The van der Waals surface area contributed by atoms with Crippen LogP contribution >= 0.6 is 24.0 Å². The molecule has 4 rings (SSSR count). The van der Waals surface area contributed by atoms with Gasteiger partial charge in [-0.2, -0.15) is 4.98 Å². The lowest BCUT2D eigenvalue weighted by Crippen LogP contribution is -2.50. The van der Waals surface area contributed by atoms with E-state index in [1.165, 1.54) is 5.56 Å². The molecule has 2 atom stereocenters. The first-order valence-electron chi connectivity index (χ1n) is 9.87. The van der Waals surface area contributed by atoms with Crippen LogP contribution in [0.25, 0.3) is 0 Å². The Hall–Kier alpha value is -1.72. The Kier molecular flexibility index (Phi) is 7.84. The lowest BCUT2D eigenvalue weighted by atomic mass is 10.1. The molecule has 158 valence electrons. The summed E-state index contributed by atoms with van der Waals surface area (Å²) >= 11 is 0. The van der Waals surface area contributed by atoms with Gasteiger partial charge in [-0.15, -0.1) is 24.0 Å². The molecule has 2 unspecified atom stereocenters. The maximum atomic E-state index is 6.07. The average molecular weight is 512 g/mol. The number of likely N-dealkylation sites (tertiary alicyclic amines) is 1. The van der Waals surface area contributed by atoms with E-state index in [1.807, 2.05) is 14.0 Å². The fraction of sp³-hybridized carbons (Fsp3) is 0.550. The number of aliphatic imine (C=N–C) groups is 1. The molecule has 0 saturated carbocycles. The number of fused-ring (bicyclic) bond motifs is 1. The quantitative estimate of drug-likeness (QED) is 0.371. The van der Waals surface area contributed by atoms with Crippen LogP contribution in [-0.4, -0.2) is 77.9 Å². The summed E-state index contributed by atoms with van der Waals surface area (Å²) in [7, 11) is 1.82. The van der Waals surface area contributed by atoms with E-state index in [9.17, 15) is 0 Å². The molecule has 2 aliphatic rings. The van der Waals surface area contributed by atoms with Crippen molar-refractivity contribution in [2.45, 2.75) is 32.0 Å². The average Bonchev–Trinajstić information content (AvgIpc) is 3.33. The highest BCUT2D eigenvalue weighted by atomic mass is 127. The second-order valence-corrected chi connectivity index (χ2v) is 7.30. The maximum Gasteiger partial charge on any atom is 0.228 e. The number of ether oxygens (including phenoxy) is 1. The number of hydrogen-bond donors (Lipinski definition) is 1. The van der Waals surface area contributed by atoms with E-state index in [-0.39, 0.29) is 30.1 Å². The van der Waals surface area contributed by atoms with Gasteiger partial charge in [0.05, 0.1) is 18.8 Å². The van der Waals surface area contributed by atoms with E-state index < -0.39 is 0 Å². The Morgan fingerprint density at radius 2 is 2.10 bits per heavy atom. The summed E-state index contributed by atoms with van der Waals surface area (Å²) in [6.45, 7) is 7.01. The number of hydrogen-bond acceptors (Lipinski definition) is 6. The van der Waals surface area contributed by atoms with Crippen LogP contribution in [0.2, 0.25) is 0 Å². The van der Waals surface area contributed by atoms with Gasteiger partial charge in [0.2, 0.25) is 5.89 Å². The summed E-state index contributed by atoms with van der Waals surface area (Å²) in [6.07, 6.45) is 0.895. The van der Waals surface area contributed by atoms with Gasteiger partial charge in [0, 0.05) is 46.2 Å². The summed E-state index contributed by atoms with van der Waals surface area (Å²) in [5.74, 6) is 2.21. The summed E-state index contributed by atoms with van der Waals surface area (Å²) < 4.78 is 11.2. The van der Waals surface area contributed by atoms with Crippen LogP contribution < -0.4 is 5.32 Å². The number of aromatic nitrogens is 2. The third kappa shape index (κ3) is 5.46. The van der Waals surface area contributed by atoms with Crippen LogP contribution in [0.1, 0.15) is 17.3 Å². The SMILES string of the molecule is CN=C(NCCc1nc(C)no1)N1CC2OCCN(Cc3ccccc3)C2C1.I. The van der Waals surface area contributed by atoms with Gasteiger partial charge in [0.1, 0.15) is 0 Å². The van der Waals surface area contributed by atoms with Gasteiger partial charge in [0.25, 0.3) is 0 Å². The van der Waals surface area contributed by atoms with E-state index >= 15 is 0 Å². The summed E-state index contributed by atoms with van der Waals surface area (Å²) in [6, 6.07) is 11.0. The van der Waals surface area contributed by atoms with Crippen molar-refractivity contribution in [3.8, 4) is 0 Å². The molecule has 0 spiro atoms. The largest absolute Gasteiger partial charge is 0.373 e. The lowest BCUT2D eigenvalue weighted by molar-refractivity contribution is -0.0502. The Morgan fingerprint density at radius 1 is 1.28 bits per heavy atom. The second-order valence-electron chi connectivity index (χ2n) is 7.30. The normalized spacial score (nSPS) is 22.3. The molecule has 9 heteroatoms. The molecule has 0 aliphatic carbocycles. The zero-order chi connectivity index (χ0) is 19.3. The standard InChI is InChI=1S/C20H28N6O2.HI/c1-15-23-19(28-24-15)8-9-22-20(21-2)26-13-17-18(14-26)27-11-10-25(17)12-16-6-4-3-5-7-16;/h3-7,17-18H,8-14H2,1-2H3,(H,21,22);1H. The van der Waals surface area contributed by atoms with Crippen LogP contribution in [0.5, 0.6) is 0 Å². The smallest absolute Gasteiger partial charge is 0.228 e. The van der Waals surface area contributed by atoms with Crippen LogP contribution in [0, 0.1) is 6.92 Å². The van der Waals surface area contributed by atoms with Crippen molar-refractivity contribution in [1.29, 1.82) is 0 Å². The Morgan fingerprint density at radius 3 is 2.83 bits per heavy atom. The molecule has 2 aromatic rings. The van der Waals surface area contributed by atoms with E-state index in [4.69, 9.17) is 9.26 Å².